The maximum atomic E-state index is 6.01. The van der Waals surface area contributed by atoms with Crippen molar-refractivity contribution in [1.29, 1.82) is 0 Å². The molecule has 0 aromatic heterocycles. The molecule has 1 saturated carbocycles. The van der Waals surface area contributed by atoms with E-state index in [9.17, 15) is 0 Å². The Bertz CT molecular complexity index is 321. The first-order chi connectivity index (χ1) is 7.68. The summed E-state index contributed by atoms with van der Waals surface area (Å²) in [6.45, 7) is 5.29. The van der Waals surface area contributed by atoms with Crippen LogP contribution in [0.4, 0.5) is 0 Å². The maximum Gasteiger partial charge on any atom is 0.0188 e. The van der Waals surface area contributed by atoms with Crippen LogP contribution in [0.1, 0.15) is 31.7 Å². The molecule has 1 aliphatic rings. The predicted molar refractivity (Wildman–Crippen MR) is 68.4 cm³/mol. The number of benzene rings is 1. The summed E-state index contributed by atoms with van der Waals surface area (Å²) in [5, 5.41) is 3.56. The van der Waals surface area contributed by atoms with E-state index in [0.717, 1.165) is 6.54 Å². The van der Waals surface area contributed by atoms with Crippen LogP contribution in [-0.2, 0) is 0 Å². The van der Waals surface area contributed by atoms with E-state index < -0.39 is 0 Å². The predicted octanol–water partition coefficient (Wildman–Crippen LogP) is 2.12. The van der Waals surface area contributed by atoms with E-state index in [-0.39, 0.29) is 6.04 Å². The van der Waals surface area contributed by atoms with Crippen LogP contribution in [0.2, 0.25) is 0 Å². The van der Waals surface area contributed by atoms with Gasteiger partial charge in [0.15, 0.2) is 0 Å². The van der Waals surface area contributed by atoms with Crippen LogP contribution in [0.15, 0.2) is 30.3 Å². The molecule has 3 atom stereocenters. The fourth-order valence-electron chi connectivity index (χ4n) is 2.01. The molecule has 1 aromatic carbocycles. The van der Waals surface area contributed by atoms with Gasteiger partial charge in [0.25, 0.3) is 0 Å². The minimum absolute atomic E-state index is 0.275. The molecule has 3 unspecified atom stereocenters. The minimum Gasteiger partial charge on any atom is -0.326 e. The molecule has 1 aromatic rings. The Hall–Kier alpha value is -0.860. The maximum absolute atomic E-state index is 6.01. The average molecular weight is 218 g/mol. The SMILES string of the molecule is CC(C)C(N)CNC1CC1c1ccccc1. The molecule has 0 aliphatic heterocycles. The molecule has 1 fully saturated rings. The monoisotopic (exact) mass is 218 g/mol. The minimum atomic E-state index is 0.275. The van der Waals surface area contributed by atoms with Crippen LogP contribution < -0.4 is 11.1 Å². The molecule has 0 amide bonds. The molecular weight excluding hydrogens is 196 g/mol. The molecule has 0 spiro atoms. The number of hydrogen-bond acceptors (Lipinski definition) is 2. The van der Waals surface area contributed by atoms with Crippen molar-refractivity contribution in [2.75, 3.05) is 6.54 Å². The van der Waals surface area contributed by atoms with Crippen molar-refractivity contribution in [2.24, 2.45) is 11.7 Å². The van der Waals surface area contributed by atoms with Crippen molar-refractivity contribution >= 4 is 0 Å². The molecule has 0 heterocycles. The zero-order valence-corrected chi connectivity index (χ0v) is 10.2. The van der Waals surface area contributed by atoms with Gasteiger partial charge in [-0.1, -0.05) is 44.2 Å². The van der Waals surface area contributed by atoms with E-state index in [1.165, 1.54) is 12.0 Å². The normalized spacial score (nSPS) is 25.8. The summed E-state index contributed by atoms with van der Waals surface area (Å²) in [6, 6.07) is 11.7. The van der Waals surface area contributed by atoms with Gasteiger partial charge < -0.3 is 11.1 Å². The zero-order valence-electron chi connectivity index (χ0n) is 10.2. The van der Waals surface area contributed by atoms with E-state index in [4.69, 9.17) is 5.73 Å². The van der Waals surface area contributed by atoms with Crippen molar-refractivity contribution in [2.45, 2.75) is 38.3 Å². The van der Waals surface area contributed by atoms with Crippen LogP contribution in [0, 0.1) is 5.92 Å². The molecule has 0 bridgehead atoms. The van der Waals surface area contributed by atoms with Gasteiger partial charge in [0, 0.05) is 24.5 Å². The summed E-state index contributed by atoms with van der Waals surface area (Å²) in [4.78, 5) is 0. The van der Waals surface area contributed by atoms with Gasteiger partial charge in [0.2, 0.25) is 0 Å². The third-order valence-corrected chi connectivity index (χ3v) is 3.49. The summed E-state index contributed by atoms with van der Waals surface area (Å²) in [5.74, 6) is 1.27. The highest BCUT2D eigenvalue weighted by Gasteiger charge is 2.37. The fraction of sp³-hybridized carbons (Fsp3) is 0.571. The van der Waals surface area contributed by atoms with Gasteiger partial charge in [-0.15, -0.1) is 0 Å². The molecule has 16 heavy (non-hydrogen) atoms. The van der Waals surface area contributed by atoms with Crippen LogP contribution in [-0.4, -0.2) is 18.6 Å². The van der Waals surface area contributed by atoms with Crippen LogP contribution in [0.5, 0.6) is 0 Å². The number of rotatable bonds is 5. The van der Waals surface area contributed by atoms with E-state index in [0.29, 0.717) is 17.9 Å². The molecule has 0 radical (unpaired) electrons. The summed E-state index contributed by atoms with van der Waals surface area (Å²) in [5.41, 5.74) is 7.47. The summed E-state index contributed by atoms with van der Waals surface area (Å²) in [6.07, 6.45) is 1.26. The Morgan fingerprint density at radius 2 is 2.00 bits per heavy atom. The average Bonchev–Trinajstić information content (AvgIpc) is 3.06. The quantitative estimate of drug-likeness (QED) is 0.794. The topological polar surface area (TPSA) is 38.0 Å². The smallest absolute Gasteiger partial charge is 0.0188 e. The van der Waals surface area contributed by atoms with Gasteiger partial charge in [-0.25, -0.2) is 0 Å². The van der Waals surface area contributed by atoms with Gasteiger partial charge in [0.1, 0.15) is 0 Å². The Morgan fingerprint density at radius 1 is 1.31 bits per heavy atom. The first-order valence-corrected chi connectivity index (χ1v) is 6.22. The lowest BCUT2D eigenvalue weighted by Crippen LogP contribution is -2.39. The van der Waals surface area contributed by atoms with E-state index >= 15 is 0 Å². The van der Waals surface area contributed by atoms with Gasteiger partial charge in [-0.3, -0.25) is 0 Å². The van der Waals surface area contributed by atoms with Crippen molar-refractivity contribution in [3.63, 3.8) is 0 Å². The van der Waals surface area contributed by atoms with Crippen molar-refractivity contribution < 1.29 is 0 Å². The second-order valence-corrected chi connectivity index (χ2v) is 5.18. The van der Waals surface area contributed by atoms with Crippen LogP contribution >= 0.6 is 0 Å². The van der Waals surface area contributed by atoms with Crippen molar-refractivity contribution in [3.05, 3.63) is 35.9 Å². The van der Waals surface area contributed by atoms with E-state index in [2.05, 4.69) is 49.5 Å². The molecule has 88 valence electrons. The molecule has 3 N–H and O–H groups in total. The Morgan fingerprint density at radius 3 is 2.62 bits per heavy atom. The highest BCUT2D eigenvalue weighted by molar-refractivity contribution is 5.27. The number of hydrogen-bond donors (Lipinski definition) is 2. The van der Waals surface area contributed by atoms with Crippen molar-refractivity contribution in [1.82, 2.24) is 5.32 Å². The summed E-state index contributed by atoms with van der Waals surface area (Å²) in [7, 11) is 0. The Labute approximate surface area is 98.2 Å². The summed E-state index contributed by atoms with van der Waals surface area (Å²) >= 11 is 0. The first kappa shape index (κ1) is 11.6. The number of nitrogens with one attached hydrogen (secondary N) is 1. The van der Waals surface area contributed by atoms with E-state index in [1.54, 1.807) is 0 Å². The van der Waals surface area contributed by atoms with Gasteiger partial charge >= 0.3 is 0 Å². The largest absolute Gasteiger partial charge is 0.326 e. The van der Waals surface area contributed by atoms with E-state index in [1.807, 2.05) is 0 Å². The molecule has 0 saturated heterocycles. The molecule has 2 nitrogen and oxygen atoms in total. The van der Waals surface area contributed by atoms with Crippen LogP contribution in [0.3, 0.4) is 0 Å². The lowest BCUT2D eigenvalue weighted by molar-refractivity contribution is 0.455. The standard InChI is InChI=1S/C14H22N2/c1-10(2)13(15)9-16-14-8-12(14)11-6-4-3-5-7-11/h3-7,10,12-14,16H,8-9,15H2,1-2H3. The summed E-state index contributed by atoms with van der Waals surface area (Å²) < 4.78 is 0. The Balaban J connectivity index is 1.76. The van der Waals surface area contributed by atoms with Gasteiger partial charge in [-0.2, -0.15) is 0 Å². The molecule has 1 aliphatic carbocycles. The highest BCUT2D eigenvalue weighted by Crippen LogP contribution is 2.40. The number of nitrogens with two attached hydrogens (primary N) is 1. The second-order valence-electron chi connectivity index (χ2n) is 5.18. The van der Waals surface area contributed by atoms with Gasteiger partial charge in [-0.05, 0) is 17.9 Å². The Kier molecular flexibility index (Phi) is 3.62. The van der Waals surface area contributed by atoms with Gasteiger partial charge in [0.05, 0.1) is 0 Å². The molecular formula is C14H22N2. The fourth-order valence-corrected chi connectivity index (χ4v) is 2.01. The third-order valence-electron chi connectivity index (χ3n) is 3.49. The third kappa shape index (κ3) is 2.83. The lowest BCUT2D eigenvalue weighted by Gasteiger charge is -2.16. The van der Waals surface area contributed by atoms with Crippen LogP contribution in [0.25, 0.3) is 0 Å². The molecule has 2 heteroatoms. The highest BCUT2D eigenvalue weighted by atomic mass is 15.0. The second kappa shape index (κ2) is 4.98. The lowest BCUT2D eigenvalue weighted by atomic mass is 10.1. The zero-order chi connectivity index (χ0) is 11.5. The van der Waals surface area contributed by atoms with Crippen molar-refractivity contribution in [3.8, 4) is 0 Å². The first-order valence-electron chi connectivity index (χ1n) is 6.22. The molecule has 2 rings (SSSR count).